The summed E-state index contributed by atoms with van der Waals surface area (Å²) >= 11 is 6.50. The second-order valence-electron chi connectivity index (χ2n) is 7.99. The Morgan fingerprint density at radius 3 is 2.63 bits per heavy atom. The molecule has 5 rings (SSSR count). The Bertz CT molecular complexity index is 1440. The lowest BCUT2D eigenvalue weighted by Gasteiger charge is -2.27. The van der Waals surface area contributed by atoms with Gasteiger partial charge in [0.25, 0.3) is 5.91 Å². The van der Waals surface area contributed by atoms with E-state index < -0.39 is 6.04 Å². The highest BCUT2D eigenvalue weighted by Gasteiger charge is 2.31. The van der Waals surface area contributed by atoms with Crippen molar-refractivity contribution in [3.63, 3.8) is 0 Å². The molecule has 0 radical (unpaired) electrons. The fraction of sp³-hybridized carbons (Fsp3) is 0.115. The Labute approximate surface area is 206 Å². The number of para-hydroxylation sites is 3. The second kappa shape index (κ2) is 9.52. The van der Waals surface area contributed by atoms with Crippen LogP contribution in [0, 0.1) is 0 Å². The van der Waals surface area contributed by atoms with Gasteiger partial charge < -0.3 is 20.2 Å². The van der Waals surface area contributed by atoms with Gasteiger partial charge in [0.1, 0.15) is 17.3 Å². The molecule has 35 heavy (non-hydrogen) atoms. The molecular weight excluding hydrogens is 466 g/mol. The molecule has 1 unspecified atom stereocenters. The van der Waals surface area contributed by atoms with E-state index in [0.717, 1.165) is 0 Å². The van der Waals surface area contributed by atoms with Gasteiger partial charge in [-0.05, 0) is 31.2 Å². The lowest BCUT2D eigenvalue weighted by molar-refractivity contribution is -0.118. The number of hydrogen-bond donors (Lipinski definition) is 4. The molecule has 3 aromatic carbocycles. The smallest absolute Gasteiger partial charge is 0.302 e. The molecule has 0 saturated heterocycles. The van der Waals surface area contributed by atoms with Gasteiger partial charge in [-0.2, -0.15) is 4.98 Å². The predicted octanol–water partition coefficient (Wildman–Crippen LogP) is 4.89. The van der Waals surface area contributed by atoms with Crippen molar-refractivity contribution in [2.75, 3.05) is 5.32 Å². The van der Waals surface area contributed by atoms with Crippen molar-refractivity contribution in [3.8, 4) is 5.75 Å². The van der Waals surface area contributed by atoms with Gasteiger partial charge in [0.05, 0.1) is 5.57 Å². The lowest BCUT2D eigenvalue weighted by Crippen LogP contribution is -2.39. The molecule has 9 heteroatoms. The number of amides is 1. The predicted molar refractivity (Wildman–Crippen MR) is 135 cm³/mol. The van der Waals surface area contributed by atoms with Crippen LogP contribution < -0.4 is 16.0 Å². The number of allylic oxidation sites excluding steroid dienone is 1. The van der Waals surface area contributed by atoms with E-state index in [2.05, 4.69) is 20.9 Å². The highest BCUT2D eigenvalue weighted by atomic mass is 35.5. The summed E-state index contributed by atoms with van der Waals surface area (Å²) in [6.45, 7) is 1.95. The maximum Gasteiger partial charge on any atom is 0.302 e. The topological polar surface area (TPSA) is 112 Å². The van der Waals surface area contributed by atoms with Crippen molar-refractivity contribution in [2.45, 2.75) is 19.5 Å². The average molecular weight is 488 g/mol. The van der Waals surface area contributed by atoms with Crippen molar-refractivity contribution in [1.82, 2.24) is 15.6 Å². The number of fused-ring (bicyclic) bond motifs is 1. The van der Waals surface area contributed by atoms with Crippen molar-refractivity contribution >= 4 is 40.6 Å². The van der Waals surface area contributed by atoms with Crippen molar-refractivity contribution in [3.05, 3.63) is 100 Å². The molecule has 2 heterocycles. The molecule has 0 bridgehead atoms. The number of rotatable bonds is 5. The van der Waals surface area contributed by atoms with Crippen LogP contribution in [0.3, 0.4) is 0 Å². The third-order valence-electron chi connectivity index (χ3n) is 5.64. The summed E-state index contributed by atoms with van der Waals surface area (Å²) in [6.07, 6.45) is 0. The van der Waals surface area contributed by atoms with Crippen LogP contribution in [0.15, 0.2) is 93.5 Å². The quantitative estimate of drug-likeness (QED) is 0.319. The minimum absolute atomic E-state index is 0.116. The number of carbonyl (C=O) groups is 1. The zero-order chi connectivity index (χ0) is 24.4. The number of nitrogens with one attached hydrogen (secondary N) is 3. The van der Waals surface area contributed by atoms with Crippen LogP contribution in [0.25, 0.3) is 11.1 Å². The van der Waals surface area contributed by atoms with Crippen LogP contribution in [-0.2, 0) is 11.3 Å². The van der Waals surface area contributed by atoms with Gasteiger partial charge in [-0.1, -0.05) is 60.1 Å². The van der Waals surface area contributed by atoms with Gasteiger partial charge in [0.2, 0.25) is 5.96 Å². The number of halogens is 1. The molecule has 0 saturated carbocycles. The number of aromatic hydroxyl groups is 1. The number of aromatic nitrogens is 1. The number of aliphatic imine (C=N–C) groups is 1. The maximum atomic E-state index is 13.3. The van der Waals surface area contributed by atoms with Gasteiger partial charge in [-0.3, -0.25) is 10.1 Å². The van der Waals surface area contributed by atoms with Crippen LogP contribution in [-0.4, -0.2) is 22.0 Å². The van der Waals surface area contributed by atoms with E-state index in [-0.39, 0.29) is 24.2 Å². The number of phenolic OH excluding ortho intramolecular Hbond substituents is 1. The minimum atomic E-state index is -0.679. The van der Waals surface area contributed by atoms with Gasteiger partial charge in [-0.15, -0.1) is 0 Å². The summed E-state index contributed by atoms with van der Waals surface area (Å²) in [5, 5.41) is 19.6. The fourth-order valence-corrected chi connectivity index (χ4v) is 4.15. The Morgan fingerprint density at radius 2 is 1.83 bits per heavy atom. The molecule has 1 aliphatic heterocycles. The first-order valence-electron chi connectivity index (χ1n) is 11.0. The largest absolute Gasteiger partial charge is 0.508 e. The van der Waals surface area contributed by atoms with E-state index in [0.29, 0.717) is 44.5 Å². The summed E-state index contributed by atoms with van der Waals surface area (Å²) < 4.78 is 5.76. The number of guanidine groups is 1. The molecule has 0 spiro atoms. The molecule has 1 aromatic heterocycles. The van der Waals surface area contributed by atoms with Crippen molar-refractivity contribution < 1.29 is 14.3 Å². The molecule has 1 aliphatic rings. The molecule has 0 fully saturated rings. The first kappa shape index (κ1) is 22.5. The van der Waals surface area contributed by atoms with Crippen molar-refractivity contribution in [2.24, 2.45) is 4.99 Å². The molecule has 176 valence electrons. The number of benzene rings is 3. The normalized spacial score (nSPS) is 15.5. The molecule has 1 amide bonds. The van der Waals surface area contributed by atoms with E-state index in [9.17, 15) is 9.90 Å². The number of anilines is 1. The molecule has 0 aliphatic carbocycles. The molecule has 4 aromatic rings. The number of oxazole rings is 1. The third-order valence-corrected chi connectivity index (χ3v) is 5.98. The van der Waals surface area contributed by atoms with Gasteiger partial charge in [0.15, 0.2) is 5.58 Å². The van der Waals surface area contributed by atoms with Crippen LogP contribution in [0.5, 0.6) is 5.75 Å². The van der Waals surface area contributed by atoms with E-state index in [1.165, 1.54) is 0 Å². The van der Waals surface area contributed by atoms with Gasteiger partial charge in [0, 0.05) is 28.4 Å². The summed E-state index contributed by atoms with van der Waals surface area (Å²) in [5.74, 6) is 0.162. The first-order valence-corrected chi connectivity index (χ1v) is 11.3. The fourth-order valence-electron chi connectivity index (χ4n) is 3.91. The summed E-state index contributed by atoms with van der Waals surface area (Å²) in [7, 11) is 0. The Morgan fingerprint density at radius 1 is 1.09 bits per heavy atom. The average Bonchev–Trinajstić information content (AvgIpc) is 3.25. The van der Waals surface area contributed by atoms with Gasteiger partial charge in [-0.25, -0.2) is 4.99 Å². The molecule has 4 N–H and O–H groups in total. The van der Waals surface area contributed by atoms with Crippen LogP contribution in [0.1, 0.15) is 24.1 Å². The summed E-state index contributed by atoms with van der Waals surface area (Å²) in [5.41, 5.74) is 3.66. The Hall–Kier alpha value is -4.30. The zero-order valence-corrected chi connectivity index (χ0v) is 19.5. The highest BCUT2D eigenvalue weighted by molar-refractivity contribution is 6.31. The number of carbonyl (C=O) groups excluding carboxylic acids is 1. The number of phenols is 1. The highest BCUT2D eigenvalue weighted by Crippen LogP contribution is 2.35. The van der Waals surface area contributed by atoms with Crippen molar-refractivity contribution in [1.29, 1.82) is 0 Å². The van der Waals surface area contributed by atoms with E-state index in [4.69, 9.17) is 21.0 Å². The SMILES string of the molecule is CC1=C(C(=O)NCc2ccccc2O)C(c2ccccc2Cl)N=C(Nc2nc3ccccc3o2)N1. The number of hydrogen-bond acceptors (Lipinski definition) is 7. The van der Waals surface area contributed by atoms with E-state index in [1.807, 2.05) is 42.5 Å². The van der Waals surface area contributed by atoms with Crippen LogP contribution in [0.2, 0.25) is 5.02 Å². The maximum absolute atomic E-state index is 13.3. The number of nitrogens with zero attached hydrogens (tertiary/aromatic N) is 2. The zero-order valence-electron chi connectivity index (χ0n) is 18.7. The summed E-state index contributed by atoms with van der Waals surface area (Å²) in [4.78, 5) is 22.5. The molecule has 1 atom stereocenters. The monoisotopic (exact) mass is 487 g/mol. The molecule has 8 nitrogen and oxygen atoms in total. The van der Waals surface area contributed by atoms with E-state index in [1.54, 1.807) is 37.3 Å². The van der Waals surface area contributed by atoms with E-state index >= 15 is 0 Å². The van der Waals surface area contributed by atoms with Crippen LogP contribution >= 0.6 is 11.6 Å². The Balaban J connectivity index is 1.45. The lowest BCUT2D eigenvalue weighted by atomic mass is 9.95. The second-order valence-corrected chi connectivity index (χ2v) is 8.40. The van der Waals surface area contributed by atoms with Crippen LogP contribution in [0.4, 0.5) is 6.01 Å². The molecular formula is C26H22ClN5O3. The first-order chi connectivity index (χ1) is 17.0. The van der Waals surface area contributed by atoms with Gasteiger partial charge >= 0.3 is 6.01 Å². The minimum Gasteiger partial charge on any atom is -0.508 e. The Kier molecular flexibility index (Phi) is 6.12. The summed E-state index contributed by atoms with van der Waals surface area (Å²) in [6, 6.07) is 21.1. The standard InChI is InChI=1S/C26H22ClN5O3/c1-15-22(24(34)28-14-16-8-2-6-12-20(16)33)23(17-9-3-4-10-18(17)27)31-25(29-15)32-26-30-19-11-5-7-13-21(19)35-26/h2-13,23,33H,14H2,1H3,(H,28,34)(H2,29,30,31,32). The third kappa shape index (κ3) is 4.69.